The molecule has 12 nitrogen and oxygen atoms in total. The van der Waals surface area contributed by atoms with E-state index in [0.29, 0.717) is 19.3 Å². The Hall–Kier alpha value is -4.22. The van der Waals surface area contributed by atoms with Crippen LogP contribution in [0.2, 0.25) is 0 Å². The second-order valence-corrected chi connectivity index (χ2v) is 25.5. The number of hydrogen-bond acceptors (Lipinski definition) is 10. The SMILES string of the molecule is CCCCCCC(C/C=C/CCCCCCCC(=O)O)OC(=O)CCCCCCC/C=C/CCC(CCCCCC)OC(=O)CCC(=O)OC(C/C=C/CCCCCCCC(=O)OC(C/C=C/CCCCCCCC(=O)O)CCCCCC)CCCCCC. The summed E-state index contributed by atoms with van der Waals surface area (Å²) in [5.41, 5.74) is 0. The highest BCUT2D eigenvalue weighted by Crippen LogP contribution is 2.21. The van der Waals surface area contributed by atoms with E-state index in [-0.39, 0.29) is 74.0 Å². The highest BCUT2D eigenvalue weighted by Gasteiger charge is 2.19. The minimum absolute atomic E-state index is 0.0256. The summed E-state index contributed by atoms with van der Waals surface area (Å²) in [6, 6.07) is 0. The summed E-state index contributed by atoms with van der Waals surface area (Å²) in [6.07, 6.45) is 68.4. The maximum absolute atomic E-state index is 13.1. The third-order valence-corrected chi connectivity index (χ3v) is 16.8. The molecule has 0 aliphatic carbocycles. The minimum Gasteiger partial charge on any atom is -0.481 e. The van der Waals surface area contributed by atoms with Crippen LogP contribution in [-0.2, 0) is 47.7 Å². The van der Waals surface area contributed by atoms with Crippen LogP contribution in [0.5, 0.6) is 0 Å². The zero-order valence-electron chi connectivity index (χ0n) is 57.8. The lowest BCUT2D eigenvalue weighted by molar-refractivity contribution is -0.156. The predicted octanol–water partition coefficient (Wildman–Crippen LogP) is 22.6. The van der Waals surface area contributed by atoms with Crippen molar-refractivity contribution in [1.29, 1.82) is 0 Å². The summed E-state index contributed by atoms with van der Waals surface area (Å²) in [5, 5.41) is 17.6. The van der Waals surface area contributed by atoms with E-state index in [1.54, 1.807) is 0 Å². The first kappa shape index (κ1) is 84.8. The summed E-state index contributed by atoms with van der Waals surface area (Å²) in [7, 11) is 0. The zero-order chi connectivity index (χ0) is 65.1. The van der Waals surface area contributed by atoms with Gasteiger partial charge in [0, 0.05) is 44.9 Å². The van der Waals surface area contributed by atoms with E-state index < -0.39 is 11.9 Å². The first-order valence-electron chi connectivity index (χ1n) is 37.2. The molecule has 0 saturated heterocycles. The molecule has 0 aromatic heterocycles. The highest BCUT2D eigenvalue weighted by atomic mass is 16.6. The van der Waals surface area contributed by atoms with Gasteiger partial charge in [-0.2, -0.15) is 0 Å². The van der Waals surface area contributed by atoms with Crippen LogP contribution >= 0.6 is 0 Å². The largest absolute Gasteiger partial charge is 0.481 e. The molecule has 4 unspecified atom stereocenters. The maximum Gasteiger partial charge on any atom is 0.306 e. The predicted molar refractivity (Wildman–Crippen MR) is 368 cm³/mol. The first-order valence-corrected chi connectivity index (χ1v) is 37.2. The minimum atomic E-state index is -0.715. The van der Waals surface area contributed by atoms with Gasteiger partial charge in [-0.1, -0.05) is 230 Å². The number of aliphatic carboxylic acids is 2. The second-order valence-electron chi connectivity index (χ2n) is 25.5. The molecule has 0 fully saturated rings. The van der Waals surface area contributed by atoms with Crippen LogP contribution in [0.25, 0.3) is 0 Å². The van der Waals surface area contributed by atoms with Crippen molar-refractivity contribution in [1.82, 2.24) is 0 Å². The van der Waals surface area contributed by atoms with Crippen molar-refractivity contribution >= 4 is 35.8 Å². The van der Waals surface area contributed by atoms with Crippen LogP contribution in [0.15, 0.2) is 48.6 Å². The second kappa shape index (κ2) is 66.7. The first-order chi connectivity index (χ1) is 43.4. The lowest BCUT2D eigenvalue weighted by atomic mass is 10.0. The molecule has 0 radical (unpaired) electrons. The number of carboxylic acids is 2. The normalized spacial score (nSPS) is 13.2. The monoisotopic (exact) mass is 1250 g/mol. The van der Waals surface area contributed by atoms with Crippen LogP contribution in [0.1, 0.15) is 381 Å². The summed E-state index contributed by atoms with van der Waals surface area (Å²) < 4.78 is 24.0. The smallest absolute Gasteiger partial charge is 0.306 e. The van der Waals surface area contributed by atoms with Crippen molar-refractivity contribution in [2.24, 2.45) is 0 Å². The van der Waals surface area contributed by atoms with Crippen LogP contribution < -0.4 is 0 Å². The van der Waals surface area contributed by atoms with Crippen molar-refractivity contribution in [3.8, 4) is 0 Å². The molecule has 0 saturated carbocycles. The molecule has 2 N–H and O–H groups in total. The molecule has 0 amide bonds. The van der Waals surface area contributed by atoms with Gasteiger partial charge in [0.1, 0.15) is 24.4 Å². The van der Waals surface area contributed by atoms with Crippen molar-refractivity contribution in [2.75, 3.05) is 0 Å². The van der Waals surface area contributed by atoms with E-state index in [0.717, 1.165) is 270 Å². The molecule has 12 heteroatoms. The van der Waals surface area contributed by atoms with E-state index in [9.17, 15) is 28.8 Å². The van der Waals surface area contributed by atoms with E-state index in [1.165, 1.54) is 38.5 Å². The molecule has 89 heavy (non-hydrogen) atoms. The van der Waals surface area contributed by atoms with Crippen molar-refractivity contribution < 1.29 is 57.9 Å². The number of carboxylic acid groups (broad SMARTS) is 2. The average Bonchev–Trinajstić information content (AvgIpc) is 3.65. The fourth-order valence-electron chi connectivity index (χ4n) is 11.2. The molecule has 0 heterocycles. The molecule has 0 aromatic rings. The number of unbranched alkanes of at least 4 members (excludes halogenated alkanes) is 32. The highest BCUT2D eigenvalue weighted by molar-refractivity contribution is 5.78. The standard InChI is InChI=1S/C77H136O12/c1-5-9-13-42-54-68(58-46-35-27-20-23-30-38-50-62-72(78)79)86-74(82)64-52-40-32-19-17-18-26-34-48-60-70(56-44-15-11-7-3)88-76(84)66-67-77(85)89-71(57-45-16-12-8-4)61-49-37-29-22-25-33-41-53-65-75(83)87-69(55-43-14-10-6-2)59-47-36-28-21-24-31-39-51-63-73(80)81/h26,34-37,46-47,49,68-71H,5-25,27-33,38-45,48,50-67H2,1-4H3,(H,78,79)(H,80,81)/b34-26+,46-35+,47-36+,49-37+. The van der Waals surface area contributed by atoms with Gasteiger partial charge in [-0.05, 0) is 141 Å². The third kappa shape index (κ3) is 63.7. The van der Waals surface area contributed by atoms with Gasteiger partial charge in [0.25, 0.3) is 0 Å². The lowest BCUT2D eigenvalue weighted by Gasteiger charge is -2.18. The van der Waals surface area contributed by atoms with Crippen molar-refractivity contribution in [3.05, 3.63) is 48.6 Å². The third-order valence-electron chi connectivity index (χ3n) is 16.8. The van der Waals surface area contributed by atoms with Crippen molar-refractivity contribution in [3.63, 3.8) is 0 Å². The van der Waals surface area contributed by atoms with Gasteiger partial charge < -0.3 is 29.2 Å². The summed E-state index contributed by atoms with van der Waals surface area (Å²) in [6.45, 7) is 8.81. The Morgan fingerprint density at radius 2 is 0.483 bits per heavy atom. The quantitative estimate of drug-likeness (QED) is 0.0255. The number of allylic oxidation sites excluding steroid dienone is 5. The topological polar surface area (TPSA) is 180 Å². The average molecular weight is 1250 g/mol. The summed E-state index contributed by atoms with van der Waals surface area (Å²) in [5.74, 6) is -2.25. The Labute approximate surface area is 545 Å². The number of carbonyl (C=O) groups is 6. The molecule has 4 atom stereocenters. The Morgan fingerprint density at radius 3 is 0.798 bits per heavy atom. The fraction of sp³-hybridized carbons (Fsp3) is 0.818. The van der Waals surface area contributed by atoms with E-state index >= 15 is 0 Å². The summed E-state index contributed by atoms with van der Waals surface area (Å²) in [4.78, 5) is 73.3. The molecule has 0 bridgehead atoms. The number of carbonyl (C=O) groups excluding carboxylic acids is 4. The maximum atomic E-state index is 13.1. The van der Waals surface area contributed by atoms with Gasteiger partial charge in [-0.15, -0.1) is 0 Å². The number of ether oxygens (including phenoxy) is 4. The molecular weight excluding hydrogens is 1120 g/mol. The zero-order valence-corrected chi connectivity index (χ0v) is 57.8. The molecule has 516 valence electrons. The Balaban J connectivity index is 4.71. The van der Waals surface area contributed by atoms with Crippen LogP contribution in [0.4, 0.5) is 0 Å². The Kier molecular flexibility index (Phi) is 63.5. The number of rotatable bonds is 68. The van der Waals surface area contributed by atoms with E-state index in [2.05, 4.69) is 76.3 Å². The molecule has 0 rings (SSSR count). The molecular formula is C77H136O12. The van der Waals surface area contributed by atoms with Crippen molar-refractivity contribution in [2.45, 2.75) is 405 Å². The van der Waals surface area contributed by atoms with Gasteiger partial charge in [-0.25, -0.2) is 0 Å². The Morgan fingerprint density at radius 1 is 0.247 bits per heavy atom. The lowest BCUT2D eigenvalue weighted by Crippen LogP contribution is -2.21. The van der Waals surface area contributed by atoms with E-state index in [4.69, 9.17) is 29.2 Å². The molecule has 0 aliphatic rings. The number of esters is 4. The Bertz CT molecular complexity index is 1790. The number of hydrogen-bond donors (Lipinski definition) is 2. The fourth-order valence-corrected chi connectivity index (χ4v) is 11.2. The van der Waals surface area contributed by atoms with Gasteiger partial charge in [0.05, 0.1) is 12.8 Å². The van der Waals surface area contributed by atoms with Crippen LogP contribution in [0.3, 0.4) is 0 Å². The van der Waals surface area contributed by atoms with Gasteiger partial charge in [0.15, 0.2) is 0 Å². The van der Waals surface area contributed by atoms with Gasteiger partial charge in [0.2, 0.25) is 0 Å². The van der Waals surface area contributed by atoms with Crippen LogP contribution in [-0.4, -0.2) is 70.4 Å². The molecule has 0 aliphatic heterocycles. The molecule has 0 aromatic carbocycles. The van der Waals surface area contributed by atoms with Gasteiger partial charge >= 0.3 is 35.8 Å². The van der Waals surface area contributed by atoms with Crippen LogP contribution in [0, 0.1) is 0 Å². The summed E-state index contributed by atoms with van der Waals surface area (Å²) >= 11 is 0. The molecule has 0 spiro atoms. The van der Waals surface area contributed by atoms with E-state index in [1.807, 2.05) is 0 Å². The van der Waals surface area contributed by atoms with Gasteiger partial charge in [-0.3, -0.25) is 28.8 Å².